The van der Waals surface area contributed by atoms with Gasteiger partial charge in [-0.1, -0.05) is 6.42 Å². The van der Waals surface area contributed by atoms with Gasteiger partial charge in [0.15, 0.2) is 0 Å². The number of halogens is 3. The minimum atomic E-state index is -1.17. The molecule has 0 radical (unpaired) electrons. The van der Waals surface area contributed by atoms with Crippen molar-refractivity contribution in [1.82, 2.24) is 5.32 Å². The van der Waals surface area contributed by atoms with Crippen LogP contribution in [0.15, 0.2) is 12.1 Å². The highest BCUT2D eigenvalue weighted by molar-refractivity contribution is 5.95. The SMILES string of the molecule is NC1CC2CCCC(C1)C2NC(=O)c1c(F)cc(F)cc1F. The molecule has 2 aliphatic carbocycles. The van der Waals surface area contributed by atoms with Crippen LogP contribution in [0.3, 0.4) is 0 Å². The average Bonchev–Trinajstić information content (AvgIpc) is 2.38. The number of nitrogens with one attached hydrogen (secondary N) is 1. The molecule has 0 heterocycles. The van der Waals surface area contributed by atoms with E-state index < -0.39 is 28.9 Å². The molecule has 2 fully saturated rings. The van der Waals surface area contributed by atoms with Gasteiger partial charge in [0.25, 0.3) is 5.91 Å². The van der Waals surface area contributed by atoms with Gasteiger partial charge in [-0.3, -0.25) is 4.79 Å². The third-order valence-corrected chi connectivity index (χ3v) is 4.91. The topological polar surface area (TPSA) is 55.1 Å². The number of fused-ring (bicyclic) bond motifs is 2. The molecule has 1 amide bonds. The van der Waals surface area contributed by atoms with E-state index in [1.807, 2.05) is 0 Å². The fourth-order valence-corrected chi connectivity index (χ4v) is 4.01. The molecule has 2 aliphatic rings. The summed E-state index contributed by atoms with van der Waals surface area (Å²) in [7, 11) is 0. The van der Waals surface area contributed by atoms with E-state index in [9.17, 15) is 18.0 Å². The molecule has 22 heavy (non-hydrogen) atoms. The molecule has 2 unspecified atom stereocenters. The minimum absolute atomic E-state index is 0.107. The van der Waals surface area contributed by atoms with Crippen molar-refractivity contribution in [3.05, 3.63) is 35.1 Å². The van der Waals surface area contributed by atoms with Crippen LogP contribution in [0.5, 0.6) is 0 Å². The lowest BCUT2D eigenvalue weighted by Gasteiger charge is -2.45. The first-order valence-electron chi connectivity index (χ1n) is 7.66. The minimum Gasteiger partial charge on any atom is -0.349 e. The monoisotopic (exact) mass is 312 g/mol. The zero-order valence-electron chi connectivity index (χ0n) is 12.1. The van der Waals surface area contributed by atoms with Gasteiger partial charge in [-0.2, -0.15) is 0 Å². The highest BCUT2D eigenvalue weighted by Crippen LogP contribution is 2.39. The van der Waals surface area contributed by atoms with Crippen molar-refractivity contribution in [2.75, 3.05) is 0 Å². The van der Waals surface area contributed by atoms with Gasteiger partial charge < -0.3 is 11.1 Å². The number of nitrogens with two attached hydrogens (primary N) is 1. The van der Waals surface area contributed by atoms with Crippen molar-refractivity contribution >= 4 is 5.91 Å². The molecule has 0 spiro atoms. The summed E-state index contributed by atoms with van der Waals surface area (Å²) in [5.74, 6) is -3.70. The molecular formula is C16H19F3N2O. The van der Waals surface area contributed by atoms with E-state index in [4.69, 9.17) is 5.73 Å². The number of hydrogen-bond acceptors (Lipinski definition) is 2. The second-order valence-electron chi connectivity index (χ2n) is 6.43. The largest absolute Gasteiger partial charge is 0.349 e. The van der Waals surface area contributed by atoms with Gasteiger partial charge in [0.05, 0.1) is 0 Å². The number of rotatable bonds is 2. The van der Waals surface area contributed by atoms with Gasteiger partial charge in [0, 0.05) is 24.2 Å². The van der Waals surface area contributed by atoms with Crippen LogP contribution >= 0.6 is 0 Å². The van der Waals surface area contributed by atoms with Crippen molar-refractivity contribution in [1.29, 1.82) is 0 Å². The summed E-state index contributed by atoms with van der Waals surface area (Å²) < 4.78 is 40.4. The Morgan fingerprint density at radius 1 is 1.09 bits per heavy atom. The first-order valence-corrected chi connectivity index (χ1v) is 7.66. The Morgan fingerprint density at radius 2 is 1.64 bits per heavy atom. The highest BCUT2D eigenvalue weighted by atomic mass is 19.1. The van der Waals surface area contributed by atoms with Crippen LogP contribution < -0.4 is 11.1 Å². The van der Waals surface area contributed by atoms with Crippen LogP contribution in [-0.2, 0) is 0 Å². The van der Waals surface area contributed by atoms with Gasteiger partial charge >= 0.3 is 0 Å². The lowest BCUT2D eigenvalue weighted by atomic mass is 9.67. The summed E-state index contributed by atoms with van der Waals surface area (Å²) in [6.07, 6.45) is 4.65. The first kappa shape index (κ1) is 15.3. The lowest BCUT2D eigenvalue weighted by molar-refractivity contribution is 0.0748. The van der Waals surface area contributed by atoms with Gasteiger partial charge in [-0.05, 0) is 37.5 Å². The Kier molecular flexibility index (Phi) is 4.12. The summed E-state index contributed by atoms with van der Waals surface area (Å²) in [5.41, 5.74) is 5.31. The van der Waals surface area contributed by atoms with Crippen LogP contribution in [0.25, 0.3) is 0 Å². The molecule has 120 valence electrons. The zero-order valence-corrected chi connectivity index (χ0v) is 12.1. The average molecular weight is 312 g/mol. The molecule has 6 heteroatoms. The highest BCUT2D eigenvalue weighted by Gasteiger charge is 2.40. The number of benzene rings is 1. The van der Waals surface area contributed by atoms with Gasteiger partial charge in [-0.25, -0.2) is 13.2 Å². The summed E-state index contributed by atoms with van der Waals surface area (Å²) in [4.78, 5) is 12.2. The Balaban J connectivity index is 1.80. The number of amides is 1. The lowest BCUT2D eigenvalue weighted by Crippen LogP contribution is -2.53. The molecule has 0 aliphatic heterocycles. The van der Waals surface area contributed by atoms with Gasteiger partial charge in [-0.15, -0.1) is 0 Å². The molecule has 0 saturated heterocycles. The molecule has 2 atom stereocenters. The Labute approximate surface area is 127 Å². The maximum Gasteiger partial charge on any atom is 0.257 e. The molecule has 3 N–H and O–H groups in total. The number of carbonyl (C=O) groups is 1. The molecule has 0 aromatic heterocycles. The number of carbonyl (C=O) groups excluding carboxylic acids is 1. The summed E-state index contributed by atoms with van der Waals surface area (Å²) >= 11 is 0. The quantitative estimate of drug-likeness (QED) is 0.882. The third-order valence-electron chi connectivity index (χ3n) is 4.91. The zero-order chi connectivity index (χ0) is 15.9. The molecule has 2 saturated carbocycles. The fraction of sp³-hybridized carbons (Fsp3) is 0.562. The smallest absolute Gasteiger partial charge is 0.257 e. The summed E-state index contributed by atoms with van der Waals surface area (Å²) in [6, 6.07) is 1.07. The second kappa shape index (κ2) is 5.91. The van der Waals surface area contributed by atoms with E-state index in [-0.39, 0.29) is 23.9 Å². The molecule has 1 aromatic rings. The van der Waals surface area contributed by atoms with Crippen LogP contribution in [0.4, 0.5) is 13.2 Å². The predicted octanol–water partition coefficient (Wildman–Crippen LogP) is 2.74. The van der Waals surface area contributed by atoms with Gasteiger partial charge in [0.2, 0.25) is 0 Å². The van der Waals surface area contributed by atoms with Crippen LogP contribution in [0, 0.1) is 29.3 Å². The summed E-state index contributed by atoms with van der Waals surface area (Å²) in [5, 5.41) is 2.76. The third kappa shape index (κ3) is 2.84. The van der Waals surface area contributed by atoms with Crippen molar-refractivity contribution in [2.45, 2.75) is 44.2 Å². The molecule has 2 bridgehead atoms. The van der Waals surface area contributed by atoms with E-state index >= 15 is 0 Å². The van der Waals surface area contributed by atoms with Crippen molar-refractivity contribution in [3.63, 3.8) is 0 Å². The van der Waals surface area contributed by atoms with Crippen molar-refractivity contribution in [3.8, 4) is 0 Å². The maximum atomic E-state index is 13.7. The fourth-order valence-electron chi connectivity index (χ4n) is 4.01. The second-order valence-corrected chi connectivity index (χ2v) is 6.43. The predicted molar refractivity (Wildman–Crippen MR) is 75.6 cm³/mol. The van der Waals surface area contributed by atoms with Crippen LogP contribution in [0.1, 0.15) is 42.5 Å². The Hall–Kier alpha value is -1.56. The molecule has 3 rings (SSSR count). The molecule has 3 nitrogen and oxygen atoms in total. The maximum absolute atomic E-state index is 13.7. The van der Waals surface area contributed by atoms with Gasteiger partial charge in [0.1, 0.15) is 23.0 Å². The Morgan fingerprint density at radius 3 is 2.18 bits per heavy atom. The summed E-state index contributed by atoms with van der Waals surface area (Å²) in [6.45, 7) is 0. The molecular weight excluding hydrogens is 293 g/mol. The van der Waals surface area contributed by atoms with E-state index in [0.717, 1.165) is 32.1 Å². The van der Waals surface area contributed by atoms with Crippen LogP contribution in [-0.4, -0.2) is 18.0 Å². The van der Waals surface area contributed by atoms with Crippen molar-refractivity contribution in [2.24, 2.45) is 17.6 Å². The normalized spacial score (nSPS) is 30.9. The van der Waals surface area contributed by atoms with E-state index in [2.05, 4.69) is 5.32 Å². The van der Waals surface area contributed by atoms with E-state index in [1.54, 1.807) is 0 Å². The Bertz CT molecular complexity index is 556. The molecule has 1 aromatic carbocycles. The van der Waals surface area contributed by atoms with E-state index in [0.29, 0.717) is 12.1 Å². The number of hydrogen-bond donors (Lipinski definition) is 2. The van der Waals surface area contributed by atoms with Crippen LogP contribution in [0.2, 0.25) is 0 Å². The van der Waals surface area contributed by atoms with E-state index in [1.165, 1.54) is 0 Å². The van der Waals surface area contributed by atoms with Crippen molar-refractivity contribution < 1.29 is 18.0 Å². The first-order chi connectivity index (χ1) is 10.5. The standard InChI is InChI=1S/C16H19F3N2O/c17-10-6-12(18)14(13(19)7-10)16(22)21-15-8-2-1-3-9(15)5-11(20)4-8/h6-9,11,15H,1-5,20H2,(H,21,22).